The highest BCUT2D eigenvalue weighted by Crippen LogP contribution is 2.30. The van der Waals surface area contributed by atoms with E-state index in [2.05, 4.69) is 20.9 Å². The van der Waals surface area contributed by atoms with E-state index in [1.165, 1.54) is 23.9 Å². The third-order valence-corrected chi connectivity index (χ3v) is 3.46. The number of pyridine rings is 2. The highest BCUT2D eigenvalue weighted by molar-refractivity contribution is 9.10. The Labute approximate surface area is 126 Å². The zero-order valence-corrected chi connectivity index (χ0v) is 12.3. The molecule has 0 aliphatic heterocycles. The van der Waals surface area contributed by atoms with Crippen LogP contribution in [0, 0.1) is 0 Å². The number of aliphatic carboxylic acids is 1. The largest absolute Gasteiger partial charge is 0.506 e. The second-order valence-corrected chi connectivity index (χ2v) is 4.91. The Balaban J connectivity index is 2.70. The number of carboxylic acid groups (broad SMARTS) is 1. The SMILES string of the molecule is Cn1c(=O)c(C(=O)NCC(=O)O)c(O)c2c(Br)nccc21. The quantitative estimate of drug-likeness (QED) is 0.677. The number of aromatic hydroxyl groups is 1. The number of nitrogens with one attached hydrogen (secondary N) is 1. The van der Waals surface area contributed by atoms with E-state index in [1.807, 2.05) is 5.32 Å². The maximum absolute atomic E-state index is 12.2. The standard InChI is InChI=1S/C12H10BrN3O5/c1-16-5-2-3-14-10(13)7(5)9(19)8(12(16)21)11(20)15-4-6(17)18/h2-3,19H,4H2,1H3,(H,15,20)(H,17,18). The van der Waals surface area contributed by atoms with Crippen LogP contribution in [0.1, 0.15) is 10.4 Å². The van der Waals surface area contributed by atoms with E-state index in [-0.39, 0.29) is 9.99 Å². The van der Waals surface area contributed by atoms with Gasteiger partial charge in [0.25, 0.3) is 11.5 Å². The molecule has 8 nitrogen and oxygen atoms in total. The normalized spacial score (nSPS) is 10.6. The van der Waals surface area contributed by atoms with Crippen molar-refractivity contribution >= 4 is 38.7 Å². The van der Waals surface area contributed by atoms with Crippen LogP contribution in [-0.2, 0) is 11.8 Å². The minimum absolute atomic E-state index is 0.195. The fraction of sp³-hybridized carbons (Fsp3) is 0.167. The molecule has 0 fully saturated rings. The van der Waals surface area contributed by atoms with Gasteiger partial charge in [-0.15, -0.1) is 0 Å². The number of hydrogen-bond donors (Lipinski definition) is 3. The molecular formula is C12H10BrN3O5. The molecule has 0 unspecified atom stereocenters. The smallest absolute Gasteiger partial charge is 0.322 e. The van der Waals surface area contributed by atoms with E-state index < -0.39 is 35.3 Å². The lowest BCUT2D eigenvalue weighted by molar-refractivity contribution is -0.135. The molecule has 0 saturated carbocycles. The molecule has 2 aromatic rings. The summed E-state index contributed by atoms with van der Waals surface area (Å²) in [5.41, 5.74) is -0.880. The van der Waals surface area contributed by atoms with Gasteiger partial charge in [-0.3, -0.25) is 14.4 Å². The number of aryl methyl sites for hydroxylation is 1. The molecule has 0 saturated heterocycles. The topological polar surface area (TPSA) is 122 Å². The zero-order valence-electron chi connectivity index (χ0n) is 10.8. The molecule has 9 heteroatoms. The number of rotatable bonds is 3. The van der Waals surface area contributed by atoms with Crippen LogP contribution in [0.4, 0.5) is 0 Å². The number of halogens is 1. The van der Waals surface area contributed by atoms with Crippen LogP contribution in [0.25, 0.3) is 10.9 Å². The number of carbonyl (C=O) groups excluding carboxylic acids is 1. The summed E-state index contributed by atoms with van der Waals surface area (Å²) >= 11 is 3.14. The monoisotopic (exact) mass is 355 g/mol. The molecular weight excluding hydrogens is 346 g/mol. The van der Waals surface area contributed by atoms with E-state index in [0.29, 0.717) is 5.52 Å². The van der Waals surface area contributed by atoms with Crippen LogP contribution < -0.4 is 10.9 Å². The van der Waals surface area contributed by atoms with E-state index in [9.17, 15) is 19.5 Å². The molecule has 21 heavy (non-hydrogen) atoms. The molecule has 2 aromatic heterocycles. The van der Waals surface area contributed by atoms with Gasteiger partial charge in [-0.25, -0.2) is 4.98 Å². The molecule has 1 amide bonds. The van der Waals surface area contributed by atoms with E-state index in [0.717, 1.165) is 0 Å². The highest BCUT2D eigenvalue weighted by Gasteiger charge is 2.22. The molecule has 110 valence electrons. The van der Waals surface area contributed by atoms with E-state index >= 15 is 0 Å². The molecule has 0 atom stereocenters. The van der Waals surface area contributed by atoms with Crippen molar-refractivity contribution in [2.45, 2.75) is 0 Å². The first-order valence-electron chi connectivity index (χ1n) is 5.70. The average Bonchev–Trinajstić information content (AvgIpc) is 2.42. The minimum atomic E-state index is -1.26. The summed E-state index contributed by atoms with van der Waals surface area (Å²) in [6.45, 7) is -0.659. The van der Waals surface area contributed by atoms with Gasteiger partial charge in [-0.2, -0.15) is 0 Å². The maximum atomic E-state index is 12.2. The van der Waals surface area contributed by atoms with Crippen LogP contribution in [0.2, 0.25) is 0 Å². The lowest BCUT2D eigenvalue weighted by Gasteiger charge is -2.12. The predicted octanol–water partition coefficient (Wildman–Crippen LogP) is 0.216. The van der Waals surface area contributed by atoms with Crippen LogP contribution in [-0.4, -0.2) is 38.2 Å². The van der Waals surface area contributed by atoms with Crippen molar-refractivity contribution < 1.29 is 19.8 Å². The number of fused-ring (bicyclic) bond motifs is 1. The van der Waals surface area contributed by atoms with Crippen LogP contribution in [0.3, 0.4) is 0 Å². The molecule has 0 aliphatic carbocycles. The molecule has 2 heterocycles. The first kappa shape index (κ1) is 15.0. The summed E-state index contributed by atoms with van der Waals surface area (Å²) in [6.07, 6.45) is 1.44. The molecule has 0 aromatic carbocycles. The fourth-order valence-corrected chi connectivity index (χ4v) is 2.39. The first-order chi connectivity index (χ1) is 9.84. The number of carbonyl (C=O) groups is 2. The Hall–Kier alpha value is -2.42. The van der Waals surface area contributed by atoms with Crippen molar-refractivity contribution in [2.75, 3.05) is 6.54 Å². The van der Waals surface area contributed by atoms with Gasteiger partial charge in [-0.1, -0.05) is 0 Å². The second-order valence-electron chi connectivity index (χ2n) is 4.16. The first-order valence-corrected chi connectivity index (χ1v) is 6.50. The Morgan fingerprint density at radius 2 is 2.14 bits per heavy atom. The molecule has 0 radical (unpaired) electrons. The third-order valence-electron chi connectivity index (χ3n) is 2.86. The Bertz CT molecular complexity index is 815. The summed E-state index contributed by atoms with van der Waals surface area (Å²) in [5.74, 6) is -2.77. The van der Waals surface area contributed by atoms with Crippen LogP contribution in [0.15, 0.2) is 21.7 Å². The maximum Gasteiger partial charge on any atom is 0.322 e. The van der Waals surface area contributed by atoms with Crippen molar-refractivity contribution in [3.63, 3.8) is 0 Å². The number of amides is 1. The zero-order chi connectivity index (χ0) is 15.7. The van der Waals surface area contributed by atoms with Gasteiger partial charge in [0.2, 0.25) is 0 Å². The van der Waals surface area contributed by atoms with Crippen molar-refractivity contribution in [1.29, 1.82) is 0 Å². The van der Waals surface area contributed by atoms with Crippen molar-refractivity contribution in [3.8, 4) is 5.75 Å². The van der Waals surface area contributed by atoms with Gasteiger partial charge in [0, 0.05) is 13.2 Å². The number of nitrogens with zero attached hydrogens (tertiary/aromatic N) is 2. The summed E-state index contributed by atoms with van der Waals surface area (Å²) in [6, 6.07) is 1.51. The fourth-order valence-electron chi connectivity index (χ4n) is 1.88. The summed E-state index contributed by atoms with van der Waals surface area (Å²) < 4.78 is 1.44. The van der Waals surface area contributed by atoms with E-state index in [4.69, 9.17) is 5.11 Å². The van der Waals surface area contributed by atoms with Crippen LogP contribution in [0.5, 0.6) is 5.75 Å². The summed E-state index contributed by atoms with van der Waals surface area (Å²) in [4.78, 5) is 38.5. The lowest BCUT2D eigenvalue weighted by atomic mass is 10.1. The minimum Gasteiger partial charge on any atom is -0.506 e. The number of hydrogen-bond acceptors (Lipinski definition) is 5. The Morgan fingerprint density at radius 1 is 1.48 bits per heavy atom. The summed E-state index contributed by atoms with van der Waals surface area (Å²) in [7, 11) is 1.44. The molecule has 3 N–H and O–H groups in total. The van der Waals surface area contributed by atoms with Crippen molar-refractivity contribution in [2.24, 2.45) is 7.05 Å². The van der Waals surface area contributed by atoms with Gasteiger partial charge >= 0.3 is 5.97 Å². The Kier molecular flexibility index (Phi) is 3.94. The molecule has 2 rings (SSSR count). The van der Waals surface area contributed by atoms with Gasteiger partial charge in [0.15, 0.2) is 0 Å². The highest BCUT2D eigenvalue weighted by atomic mass is 79.9. The molecule has 0 aliphatic rings. The van der Waals surface area contributed by atoms with Gasteiger partial charge in [0.1, 0.15) is 22.5 Å². The van der Waals surface area contributed by atoms with Gasteiger partial charge in [0.05, 0.1) is 10.9 Å². The van der Waals surface area contributed by atoms with Crippen molar-refractivity contribution in [1.82, 2.24) is 14.9 Å². The number of aromatic nitrogens is 2. The van der Waals surface area contributed by atoms with Gasteiger partial charge in [-0.05, 0) is 22.0 Å². The Morgan fingerprint density at radius 3 is 2.76 bits per heavy atom. The third kappa shape index (κ3) is 2.59. The predicted molar refractivity (Wildman–Crippen MR) is 76.3 cm³/mol. The molecule has 0 bridgehead atoms. The summed E-state index contributed by atoms with van der Waals surface area (Å²) in [5, 5.41) is 21.0. The number of carboxylic acids is 1. The van der Waals surface area contributed by atoms with Crippen molar-refractivity contribution in [3.05, 3.63) is 32.8 Å². The van der Waals surface area contributed by atoms with Gasteiger partial charge < -0.3 is 20.1 Å². The average molecular weight is 356 g/mol. The molecule has 0 spiro atoms. The second kappa shape index (κ2) is 5.52. The van der Waals surface area contributed by atoms with Crippen LogP contribution >= 0.6 is 15.9 Å². The van der Waals surface area contributed by atoms with E-state index in [1.54, 1.807) is 0 Å². The lowest BCUT2D eigenvalue weighted by Crippen LogP contribution is -2.35.